The minimum Gasteiger partial charge on any atom is -0.359 e. The number of rotatable bonds is 2. The molecule has 2 atom stereocenters. The number of nitrogens with two attached hydrogens (primary N) is 1. The van der Waals surface area contributed by atoms with Crippen molar-refractivity contribution in [3.8, 4) is 0 Å². The Morgan fingerprint density at radius 1 is 1.28 bits per heavy atom. The first-order valence-corrected chi connectivity index (χ1v) is 6.56. The molecule has 2 rings (SSSR count). The van der Waals surface area contributed by atoms with Crippen LogP contribution in [0.4, 0.5) is 0 Å². The minimum atomic E-state index is -0.0587. The smallest absolute Gasteiger partial charge is 0.229 e. The molecule has 1 aliphatic carbocycles. The molecule has 2 aliphatic rings. The van der Waals surface area contributed by atoms with Crippen molar-refractivity contribution in [2.75, 3.05) is 20.1 Å². The van der Waals surface area contributed by atoms with Crippen molar-refractivity contribution >= 4 is 11.8 Å². The summed E-state index contributed by atoms with van der Waals surface area (Å²) in [6.07, 6.45) is 6.05. The minimum absolute atomic E-state index is 0.0161. The Kier molecular flexibility index (Phi) is 4.01. The molecule has 3 N–H and O–H groups in total. The third-order valence-corrected chi connectivity index (χ3v) is 3.86. The van der Waals surface area contributed by atoms with Crippen molar-refractivity contribution in [3.63, 3.8) is 0 Å². The number of carbonyl (C=O) groups excluding carboxylic acids is 2. The maximum absolute atomic E-state index is 12.2. The second-order valence-electron chi connectivity index (χ2n) is 5.10. The molecular weight excluding hydrogens is 230 g/mol. The van der Waals surface area contributed by atoms with Gasteiger partial charge in [-0.3, -0.25) is 9.59 Å². The summed E-state index contributed by atoms with van der Waals surface area (Å²) in [6.45, 7) is 1.35. The third kappa shape index (κ3) is 2.72. The quantitative estimate of drug-likeness (QED) is 0.672. The lowest BCUT2D eigenvalue weighted by molar-refractivity contribution is -0.137. The molecule has 100 valence electrons. The zero-order chi connectivity index (χ0) is 13.1. The number of likely N-dealkylation sites (tertiary alicyclic amines) is 1. The number of amides is 2. The lowest BCUT2D eigenvalue weighted by atomic mass is 9.94. The van der Waals surface area contributed by atoms with E-state index in [1.165, 1.54) is 0 Å². The van der Waals surface area contributed by atoms with Gasteiger partial charge in [0.25, 0.3) is 0 Å². The molecule has 0 aromatic carbocycles. The summed E-state index contributed by atoms with van der Waals surface area (Å²) in [5.74, 6) is 0.247. The lowest BCUT2D eigenvalue weighted by Gasteiger charge is -2.32. The average molecular weight is 251 g/mol. The Bertz CT molecular complexity index is 359. The van der Waals surface area contributed by atoms with Crippen LogP contribution in [-0.2, 0) is 9.59 Å². The Morgan fingerprint density at radius 3 is 2.44 bits per heavy atom. The van der Waals surface area contributed by atoms with Crippen LogP contribution in [0, 0.1) is 11.8 Å². The molecule has 2 amide bonds. The average Bonchev–Trinajstić information content (AvgIpc) is 2.84. The number of carbonyl (C=O) groups is 2. The van der Waals surface area contributed by atoms with E-state index in [1.807, 2.05) is 17.1 Å². The maximum Gasteiger partial charge on any atom is 0.229 e. The van der Waals surface area contributed by atoms with Crippen LogP contribution >= 0.6 is 0 Å². The first kappa shape index (κ1) is 13.1. The summed E-state index contributed by atoms with van der Waals surface area (Å²) in [6, 6.07) is 0.0161. The van der Waals surface area contributed by atoms with Gasteiger partial charge in [0.15, 0.2) is 0 Å². The topological polar surface area (TPSA) is 75.4 Å². The first-order valence-electron chi connectivity index (χ1n) is 6.56. The van der Waals surface area contributed by atoms with Gasteiger partial charge in [-0.2, -0.15) is 0 Å². The first-order chi connectivity index (χ1) is 8.61. The molecule has 1 saturated heterocycles. The van der Waals surface area contributed by atoms with Crippen molar-refractivity contribution in [3.05, 3.63) is 12.2 Å². The number of nitrogens with one attached hydrogen (secondary N) is 1. The van der Waals surface area contributed by atoms with Crippen LogP contribution < -0.4 is 11.1 Å². The van der Waals surface area contributed by atoms with Crippen LogP contribution in [0.25, 0.3) is 0 Å². The van der Waals surface area contributed by atoms with E-state index in [9.17, 15) is 9.59 Å². The second kappa shape index (κ2) is 5.52. The van der Waals surface area contributed by atoms with Crippen LogP contribution in [0.3, 0.4) is 0 Å². The van der Waals surface area contributed by atoms with Gasteiger partial charge in [-0.15, -0.1) is 0 Å². The fourth-order valence-corrected chi connectivity index (χ4v) is 2.71. The van der Waals surface area contributed by atoms with Crippen LogP contribution in [0.5, 0.6) is 0 Å². The van der Waals surface area contributed by atoms with E-state index in [0.717, 1.165) is 12.8 Å². The molecular formula is C13H21N3O2. The zero-order valence-electron chi connectivity index (χ0n) is 10.8. The fourth-order valence-electron chi connectivity index (χ4n) is 2.71. The molecule has 1 fully saturated rings. The molecule has 1 aliphatic heterocycles. The van der Waals surface area contributed by atoms with Gasteiger partial charge < -0.3 is 16.0 Å². The summed E-state index contributed by atoms with van der Waals surface area (Å²) >= 11 is 0. The van der Waals surface area contributed by atoms with Gasteiger partial charge in [-0.25, -0.2) is 0 Å². The molecule has 0 aromatic rings. The normalized spacial score (nSPS) is 28.4. The van der Waals surface area contributed by atoms with Crippen LogP contribution in [0.1, 0.15) is 19.3 Å². The SMILES string of the molecule is CNC(=O)C1CCN(C(=O)C2C=CC(N)C2)CC1. The summed E-state index contributed by atoms with van der Waals surface area (Å²) in [5, 5.41) is 2.67. The number of nitrogens with zero attached hydrogens (tertiary/aromatic N) is 1. The van der Waals surface area contributed by atoms with E-state index in [2.05, 4.69) is 5.32 Å². The third-order valence-electron chi connectivity index (χ3n) is 3.86. The molecule has 0 saturated carbocycles. The zero-order valence-corrected chi connectivity index (χ0v) is 10.8. The van der Waals surface area contributed by atoms with Gasteiger partial charge >= 0.3 is 0 Å². The van der Waals surface area contributed by atoms with E-state index in [-0.39, 0.29) is 29.7 Å². The highest BCUT2D eigenvalue weighted by Crippen LogP contribution is 2.23. The summed E-state index contributed by atoms with van der Waals surface area (Å²) in [4.78, 5) is 25.6. The van der Waals surface area contributed by atoms with E-state index in [4.69, 9.17) is 5.73 Å². The van der Waals surface area contributed by atoms with Gasteiger partial charge in [0.1, 0.15) is 0 Å². The molecule has 18 heavy (non-hydrogen) atoms. The van der Waals surface area contributed by atoms with E-state index >= 15 is 0 Å². The van der Waals surface area contributed by atoms with E-state index in [0.29, 0.717) is 19.5 Å². The second-order valence-corrected chi connectivity index (χ2v) is 5.10. The van der Waals surface area contributed by atoms with Crippen molar-refractivity contribution < 1.29 is 9.59 Å². The van der Waals surface area contributed by atoms with Crippen molar-refractivity contribution in [1.29, 1.82) is 0 Å². The molecule has 0 spiro atoms. The van der Waals surface area contributed by atoms with Crippen molar-refractivity contribution in [2.24, 2.45) is 17.6 Å². The standard InChI is InChI=1S/C13H21N3O2/c1-15-12(17)9-4-6-16(7-5-9)13(18)10-2-3-11(14)8-10/h2-3,9-11H,4-8,14H2,1H3,(H,15,17). The van der Waals surface area contributed by atoms with E-state index in [1.54, 1.807) is 7.05 Å². The number of piperidine rings is 1. The van der Waals surface area contributed by atoms with Crippen LogP contribution in [0.15, 0.2) is 12.2 Å². The monoisotopic (exact) mass is 251 g/mol. The van der Waals surface area contributed by atoms with Crippen LogP contribution in [0.2, 0.25) is 0 Å². The highest BCUT2D eigenvalue weighted by atomic mass is 16.2. The summed E-state index contributed by atoms with van der Waals surface area (Å²) in [5.41, 5.74) is 5.76. The lowest BCUT2D eigenvalue weighted by Crippen LogP contribution is -2.44. The molecule has 5 heteroatoms. The predicted molar refractivity (Wildman–Crippen MR) is 68.6 cm³/mol. The van der Waals surface area contributed by atoms with Crippen LogP contribution in [-0.4, -0.2) is 42.9 Å². The highest BCUT2D eigenvalue weighted by molar-refractivity contribution is 5.82. The Morgan fingerprint density at radius 2 is 1.94 bits per heavy atom. The summed E-state index contributed by atoms with van der Waals surface area (Å²) in [7, 11) is 1.66. The molecule has 0 radical (unpaired) electrons. The largest absolute Gasteiger partial charge is 0.359 e. The molecule has 2 unspecified atom stereocenters. The van der Waals surface area contributed by atoms with Gasteiger partial charge in [-0.05, 0) is 19.3 Å². The molecule has 5 nitrogen and oxygen atoms in total. The van der Waals surface area contributed by atoms with Gasteiger partial charge in [0, 0.05) is 32.1 Å². The molecule has 0 aromatic heterocycles. The Balaban J connectivity index is 1.84. The maximum atomic E-state index is 12.2. The van der Waals surface area contributed by atoms with E-state index < -0.39 is 0 Å². The molecule has 1 heterocycles. The number of hydrogen-bond acceptors (Lipinski definition) is 3. The van der Waals surface area contributed by atoms with Gasteiger partial charge in [0.2, 0.25) is 11.8 Å². The Hall–Kier alpha value is -1.36. The molecule has 0 bridgehead atoms. The Labute approximate surface area is 107 Å². The number of hydrogen-bond donors (Lipinski definition) is 2. The summed E-state index contributed by atoms with van der Waals surface area (Å²) < 4.78 is 0. The van der Waals surface area contributed by atoms with Crippen molar-refractivity contribution in [2.45, 2.75) is 25.3 Å². The fraction of sp³-hybridized carbons (Fsp3) is 0.692. The van der Waals surface area contributed by atoms with Gasteiger partial charge in [0.05, 0.1) is 5.92 Å². The highest BCUT2D eigenvalue weighted by Gasteiger charge is 2.31. The predicted octanol–water partition coefficient (Wildman–Crippen LogP) is -0.126. The van der Waals surface area contributed by atoms with Gasteiger partial charge in [-0.1, -0.05) is 12.2 Å². The van der Waals surface area contributed by atoms with Crippen molar-refractivity contribution in [1.82, 2.24) is 10.2 Å².